The minimum Gasteiger partial charge on any atom is -0.507 e. The molecule has 1 aromatic heterocycles. The summed E-state index contributed by atoms with van der Waals surface area (Å²) in [5.74, 6) is -1.57. The third-order valence-electron chi connectivity index (χ3n) is 5.21. The molecule has 2 aromatic carbocycles. The lowest BCUT2D eigenvalue weighted by atomic mass is 10.0. The van der Waals surface area contributed by atoms with E-state index in [9.17, 15) is 19.8 Å². The van der Waals surface area contributed by atoms with Crippen LogP contribution in [0.4, 0.5) is 0 Å². The Labute approximate surface area is 165 Å². The summed E-state index contributed by atoms with van der Waals surface area (Å²) in [6.45, 7) is 1.53. The van der Waals surface area contributed by atoms with Crippen molar-refractivity contribution >= 4 is 22.7 Å². The molecule has 2 heterocycles. The van der Waals surface area contributed by atoms with Gasteiger partial charge in [-0.2, -0.15) is 0 Å². The van der Waals surface area contributed by atoms with E-state index in [1.54, 1.807) is 4.57 Å². The molecule has 1 unspecified atom stereocenters. The molecule has 0 fully saturated rings. The molecule has 1 aliphatic heterocycles. The van der Waals surface area contributed by atoms with Crippen molar-refractivity contribution in [3.8, 4) is 5.75 Å². The number of H-pyrrole nitrogens is 1. The Kier molecular flexibility index (Phi) is 4.96. The van der Waals surface area contributed by atoms with Crippen LogP contribution in [0.15, 0.2) is 53.3 Å². The molecule has 0 radical (unpaired) electrons. The van der Waals surface area contributed by atoms with Gasteiger partial charge >= 0.3 is 11.7 Å². The smallest absolute Gasteiger partial charge is 0.339 e. The van der Waals surface area contributed by atoms with Crippen LogP contribution in [0.1, 0.15) is 28.4 Å². The lowest BCUT2D eigenvalue weighted by Crippen LogP contribution is -2.34. The lowest BCUT2D eigenvalue weighted by molar-refractivity contribution is 0.0693. The highest BCUT2D eigenvalue weighted by Crippen LogP contribution is 2.25. The fraction of sp³-hybridized carbons (Fsp3) is 0.238. The van der Waals surface area contributed by atoms with Crippen LogP contribution in [-0.4, -0.2) is 55.4 Å². The first-order valence-corrected chi connectivity index (χ1v) is 9.30. The highest BCUT2D eigenvalue weighted by molar-refractivity contribution is 5.91. The first-order chi connectivity index (χ1) is 13.9. The predicted octanol–water partition coefficient (Wildman–Crippen LogP) is 2.01. The van der Waals surface area contributed by atoms with Crippen LogP contribution in [0.25, 0.3) is 16.7 Å². The number of carboxylic acid groups (broad SMARTS) is 1. The summed E-state index contributed by atoms with van der Waals surface area (Å²) in [6, 6.07) is 11.6. The van der Waals surface area contributed by atoms with Gasteiger partial charge in [-0.3, -0.25) is 9.47 Å². The second-order valence-electron chi connectivity index (χ2n) is 7.09. The number of nitrogens with zero attached hydrogens (tertiary/aromatic N) is 2. The molecule has 1 aliphatic rings. The predicted molar refractivity (Wildman–Crippen MR) is 108 cm³/mol. The number of aromatic carboxylic acids is 1. The van der Waals surface area contributed by atoms with Crippen molar-refractivity contribution < 1.29 is 20.1 Å². The molecule has 1 atom stereocenters. The number of carbonyl (C=O) groups is 1. The topological polar surface area (TPSA) is 119 Å². The quantitative estimate of drug-likeness (QED) is 0.525. The maximum Gasteiger partial charge on any atom is 0.339 e. The summed E-state index contributed by atoms with van der Waals surface area (Å²) in [5, 5.41) is 29.2. The van der Waals surface area contributed by atoms with Gasteiger partial charge in [-0.05, 0) is 29.8 Å². The number of benzene rings is 2. The Morgan fingerprint density at radius 2 is 2.00 bits per heavy atom. The van der Waals surface area contributed by atoms with E-state index in [4.69, 9.17) is 5.11 Å². The molecule has 8 nitrogen and oxygen atoms in total. The standard InChI is InChI=1S/C21H21N3O5/c25-18-6-5-13(11-15(18)20(27)28)19(26)12-23-9-7-14(8-10-23)24-17-4-2-1-3-16(17)22-21(24)29/h1-7,11,19,25-26H,8-10,12H2,(H,22,29)(H,27,28). The normalized spacial score (nSPS) is 16.0. The van der Waals surface area contributed by atoms with E-state index in [-0.39, 0.29) is 17.0 Å². The van der Waals surface area contributed by atoms with Gasteiger partial charge in [0.25, 0.3) is 0 Å². The van der Waals surface area contributed by atoms with Crippen LogP contribution >= 0.6 is 0 Å². The Hall–Kier alpha value is -3.36. The molecule has 0 saturated carbocycles. The van der Waals surface area contributed by atoms with Crippen molar-refractivity contribution in [1.82, 2.24) is 14.5 Å². The van der Waals surface area contributed by atoms with Crippen molar-refractivity contribution in [2.24, 2.45) is 0 Å². The molecule has 4 rings (SSSR count). The van der Waals surface area contributed by atoms with Crippen molar-refractivity contribution in [2.75, 3.05) is 19.6 Å². The molecule has 8 heteroatoms. The minimum absolute atomic E-state index is 0.170. The van der Waals surface area contributed by atoms with Gasteiger partial charge in [0.2, 0.25) is 0 Å². The number of nitrogens with one attached hydrogen (secondary N) is 1. The number of hydrogen-bond acceptors (Lipinski definition) is 5. The first kappa shape index (κ1) is 19.0. The average Bonchev–Trinajstić information content (AvgIpc) is 3.04. The highest BCUT2D eigenvalue weighted by Gasteiger charge is 2.21. The molecule has 4 N–H and O–H groups in total. The maximum atomic E-state index is 12.3. The van der Waals surface area contributed by atoms with Crippen LogP contribution in [0, 0.1) is 0 Å². The van der Waals surface area contributed by atoms with Gasteiger partial charge in [0, 0.05) is 31.8 Å². The number of fused-ring (bicyclic) bond motifs is 1. The van der Waals surface area contributed by atoms with Crippen molar-refractivity contribution in [3.63, 3.8) is 0 Å². The number of carboxylic acids is 1. The van der Waals surface area contributed by atoms with E-state index in [1.165, 1.54) is 18.2 Å². The van der Waals surface area contributed by atoms with Crippen LogP contribution in [-0.2, 0) is 0 Å². The van der Waals surface area contributed by atoms with E-state index >= 15 is 0 Å². The van der Waals surface area contributed by atoms with Gasteiger partial charge in [-0.1, -0.05) is 24.3 Å². The van der Waals surface area contributed by atoms with E-state index < -0.39 is 12.1 Å². The molecule has 0 amide bonds. The van der Waals surface area contributed by atoms with Gasteiger partial charge in [-0.15, -0.1) is 0 Å². The number of imidazole rings is 1. The molecule has 150 valence electrons. The fourth-order valence-corrected chi connectivity index (χ4v) is 3.69. The Balaban J connectivity index is 1.49. The van der Waals surface area contributed by atoms with Crippen LogP contribution in [0.2, 0.25) is 0 Å². The van der Waals surface area contributed by atoms with Crippen LogP contribution in [0.5, 0.6) is 5.75 Å². The van der Waals surface area contributed by atoms with Crippen LogP contribution < -0.4 is 5.69 Å². The summed E-state index contributed by atoms with van der Waals surface area (Å²) in [6.07, 6.45) is 1.72. The second-order valence-corrected chi connectivity index (χ2v) is 7.09. The van der Waals surface area contributed by atoms with Crippen molar-refractivity contribution in [2.45, 2.75) is 12.5 Å². The highest BCUT2D eigenvalue weighted by atomic mass is 16.4. The number of aliphatic hydroxyl groups excluding tert-OH is 1. The Morgan fingerprint density at radius 3 is 2.72 bits per heavy atom. The maximum absolute atomic E-state index is 12.3. The van der Waals surface area contributed by atoms with Gasteiger partial charge in [-0.25, -0.2) is 9.59 Å². The van der Waals surface area contributed by atoms with Gasteiger partial charge < -0.3 is 20.3 Å². The van der Waals surface area contributed by atoms with E-state index in [0.717, 1.165) is 16.7 Å². The molecule has 3 aromatic rings. The zero-order valence-corrected chi connectivity index (χ0v) is 15.6. The largest absolute Gasteiger partial charge is 0.507 e. The summed E-state index contributed by atoms with van der Waals surface area (Å²) in [4.78, 5) is 28.4. The number of aromatic hydroxyl groups is 1. The molecule has 0 saturated heterocycles. The van der Waals surface area contributed by atoms with Crippen molar-refractivity contribution in [1.29, 1.82) is 0 Å². The van der Waals surface area contributed by atoms with Crippen LogP contribution in [0.3, 0.4) is 0 Å². The monoisotopic (exact) mass is 395 g/mol. The third kappa shape index (κ3) is 3.67. The van der Waals surface area contributed by atoms with E-state index in [0.29, 0.717) is 31.6 Å². The first-order valence-electron chi connectivity index (χ1n) is 9.30. The molecular weight excluding hydrogens is 374 g/mol. The zero-order chi connectivity index (χ0) is 20.5. The Bertz CT molecular complexity index is 1160. The zero-order valence-electron chi connectivity index (χ0n) is 15.6. The van der Waals surface area contributed by atoms with Gasteiger partial charge in [0.05, 0.1) is 17.1 Å². The average molecular weight is 395 g/mol. The summed E-state index contributed by atoms with van der Waals surface area (Å²) in [5.41, 5.74) is 2.57. The number of hydrogen-bond donors (Lipinski definition) is 4. The number of aromatic nitrogens is 2. The van der Waals surface area contributed by atoms with Crippen molar-refractivity contribution in [3.05, 3.63) is 70.2 Å². The fourth-order valence-electron chi connectivity index (χ4n) is 3.69. The molecule has 0 bridgehead atoms. The third-order valence-corrected chi connectivity index (χ3v) is 5.21. The lowest BCUT2D eigenvalue weighted by Gasteiger charge is -2.28. The van der Waals surface area contributed by atoms with Gasteiger partial charge in [0.15, 0.2) is 0 Å². The van der Waals surface area contributed by atoms with E-state index in [2.05, 4.69) is 4.98 Å². The summed E-state index contributed by atoms with van der Waals surface area (Å²) in [7, 11) is 0. The SMILES string of the molecule is O=C(O)c1cc(C(O)CN2CC=C(n3c(=O)[nH]c4ccccc43)CC2)ccc1O. The summed E-state index contributed by atoms with van der Waals surface area (Å²) >= 11 is 0. The Morgan fingerprint density at radius 1 is 1.21 bits per heavy atom. The number of phenols is 1. The van der Waals surface area contributed by atoms with Gasteiger partial charge in [0.1, 0.15) is 11.3 Å². The second kappa shape index (κ2) is 7.57. The number of aromatic amines is 1. The minimum atomic E-state index is -1.24. The summed E-state index contributed by atoms with van der Waals surface area (Å²) < 4.78 is 1.68. The molecule has 0 spiro atoms. The molecule has 29 heavy (non-hydrogen) atoms. The number of β-amino-alcohol motifs (C(OH)–C–C–N with tert-alkyl or cyclic N) is 1. The molecule has 0 aliphatic carbocycles. The number of aliphatic hydroxyl groups is 1. The molecular formula is C21H21N3O5. The van der Waals surface area contributed by atoms with E-state index in [1.807, 2.05) is 35.2 Å². The number of para-hydroxylation sites is 2. The number of rotatable bonds is 5.